The van der Waals surface area contributed by atoms with E-state index >= 15 is 0 Å². The van der Waals surface area contributed by atoms with E-state index in [4.69, 9.17) is 9.47 Å². The van der Waals surface area contributed by atoms with Crippen molar-refractivity contribution in [3.63, 3.8) is 0 Å². The number of nitrogens with one attached hydrogen (secondary N) is 2. The Labute approximate surface area is 146 Å². The molecule has 6 heteroatoms. The lowest BCUT2D eigenvalue weighted by molar-refractivity contribution is -0.137. The number of carbonyl (C=O) groups is 2. The van der Waals surface area contributed by atoms with Crippen LogP contribution in [0.3, 0.4) is 0 Å². The van der Waals surface area contributed by atoms with Gasteiger partial charge in [-0.3, -0.25) is 9.59 Å². The minimum Gasteiger partial charge on any atom is -0.486 e. The molecular weight excluding hydrogens is 320 g/mol. The summed E-state index contributed by atoms with van der Waals surface area (Å²) in [5.74, 6) is -0.115. The second-order valence-electron chi connectivity index (χ2n) is 5.95. The van der Waals surface area contributed by atoms with E-state index in [1.54, 1.807) is 25.1 Å². The molecule has 0 aromatic heterocycles. The Morgan fingerprint density at radius 3 is 2.48 bits per heavy atom. The van der Waals surface area contributed by atoms with E-state index in [1.165, 1.54) is 0 Å². The van der Waals surface area contributed by atoms with Crippen LogP contribution in [0.25, 0.3) is 0 Å². The highest BCUT2D eigenvalue weighted by molar-refractivity contribution is 6.39. The highest BCUT2D eigenvalue weighted by atomic mass is 16.6. The third-order valence-corrected chi connectivity index (χ3v) is 4.05. The van der Waals surface area contributed by atoms with Crippen molar-refractivity contribution in [1.29, 1.82) is 0 Å². The number of ether oxygens (including phenoxy) is 2. The zero-order valence-corrected chi connectivity index (χ0v) is 14.1. The molecule has 0 unspecified atom stereocenters. The normalized spacial score (nSPS) is 16.6. The summed E-state index contributed by atoms with van der Waals surface area (Å²) in [6.07, 6.45) is -0.370. The number of hydrogen-bond donors (Lipinski definition) is 2. The van der Waals surface area contributed by atoms with Gasteiger partial charge in [-0.15, -0.1) is 0 Å². The number of hydrogen-bond acceptors (Lipinski definition) is 4. The van der Waals surface area contributed by atoms with Gasteiger partial charge < -0.3 is 20.1 Å². The molecule has 2 N–H and O–H groups in total. The van der Waals surface area contributed by atoms with Crippen LogP contribution in [-0.2, 0) is 9.59 Å². The zero-order valence-electron chi connectivity index (χ0n) is 14.1. The number of amides is 2. The molecule has 0 bridgehead atoms. The van der Waals surface area contributed by atoms with Crippen molar-refractivity contribution in [1.82, 2.24) is 5.32 Å². The van der Waals surface area contributed by atoms with Crippen LogP contribution in [0.2, 0.25) is 0 Å². The predicted octanol–water partition coefficient (Wildman–Crippen LogP) is 2.28. The van der Waals surface area contributed by atoms with E-state index in [2.05, 4.69) is 10.6 Å². The molecule has 2 aromatic rings. The van der Waals surface area contributed by atoms with Crippen LogP contribution >= 0.6 is 0 Å². The summed E-state index contributed by atoms with van der Waals surface area (Å²) in [6.45, 7) is 3.94. The van der Waals surface area contributed by atoms with E-state index < -0.39 is 11.8 Å². The van der Waals surface area contributed by atoms with Crippen LogP contribution in [0.4, 0.5) is 5.69 Å². The molecule has 25 heavy (non-hydrogen) atoms. The molecule has 0 saturated carbocycles. The maximum absolute atomic E-state index is 12.1. The lowest BCUT2D eigenvalue weighted by Crippen LogP contribution is -2.50. The minimum absolute atomic E-state index is 0.303. The van der Waals surface area contributed by atoms with E-state index in [-0.39, 0.29) is 12.1 Å². The topological polar surface area (TPSA) is 76.7 Å². The van der Waals surface area contributed by atoms with Crippen molar-refractivity contribution >= 4 is 17.5 Å². The largest absolute Gasteiger partial charge is 0.486 e. The molecule has 0 radical (unpaired) electrons. The molecule has 0 saturated heterocycles. The van der Waals surface area contributed by atoms with Gasteiger partial charge >= 0.3 is 11.8 Å². The summed E-state index contributed by atoms with van der Waals surface area (Å²) in [7, 11) is 0. The van der Waals surface area contributed by atoms with Crippen LogP contribution in [0.5, 0.6) is 11.5 Å². The van der Waals surface area contributed by atoms with E-state index in [0.717, 1.165) is 5.56 Å². The summed E-state index contributed by atoms with van der Waals surface area (Å²) in [5, 5.41) is 5.27. The van der Waals surface area contributed by atoms with Gasteiger partial charge in [0.2, 0.25) is 0 Å². The van der Waals surface area contributed by atoms with Gasteiger partial charge in [-0.1, -0.05) is 30.3 Å². The highest BCUT2D eigenvalue weighted by Gasteiger charge is 2.28. The van der Waals surface area contributed by atoms with Crippen molar-refractivity contribution in [2.24, 2.45) is 0 Å². The molecule has 2 amide bonds. The van der Waals surface area contributed by atoms with Gasteiger partial charge in [0.1, 0.15) is 6.61 Å². The molecule has 0 spiro atoms. The Morgan fingerprint density at radius 2 is 1.72 bits per heavy atom. The second-order valence-corrected chi connectivity index (χ2v) is 5.95. The van der Waals surface area contributed by atoms with Crippen LogP contribution in [0.1, 0.15) is 12.5 Å². The summed E-state index contributed by atoms with van der Waals surface area (Å²) in [5.41, 5.74) is 1.50. The first-order valence-electron chi connectivity index (χ1n) is 8.10. The Morgan fingerprint density at radius 1 is 1.04 bits per heavy atom. The number of benzene rings is 2. The number of anilines is 1. The molecule has 1 aliphatic heterocycles. The Bertz CT molecular complexity index is 790. The van der Waals surface area contributed by atoms with Gasteiger partial charge in [0.15, 0.2) is 17.6 Å². The van der Waals surface area contributed by atoms with Gasteiger partial charge in [0, 0.05) is 5.69 Å². The molecule has 1 aliphatic rings. The molecule has 1 heterocycles. The molecule has 2 aromatic carbocycles. The van der Waals surface area contributed by atoms with E-state index in [9.17, 15) is 9.59 Å². The van der Waals surface area contributed by atoms with Crippen molar-refractivity contribution < 1.29 is 19.1 Å². The zero-order chi connectivity index (χ0) is 17.8. The van der Waals surface area contributed by atoms with Gasteiger partial charge in [-0.25, -0.2) is 0 Å². The third-order valence-electron chi connectivity index (χ3n) is 4.05. The summed E-state index contributed by atoms with van der Waals surface area (Å²) >= 11 is 0. The standard InChI is InChI=1S/C19H20N2O4/c1-12-7-3-4-8-14(12)21-19(23)18(22)20-13(2)17-11-24-15-9-5-6-10-16(15)25-17/h3-10,13,17H,11H2,1-2H3,(H,20,22)(H,21,23)/t13-,17-/m1/s1. The maximum Gasteiger partial charge on any atom is 0.313 e. The van der Waals surface area contributed by atoms with Crippen LogP contribution in [-0.4, -0.2) is 30.6 Å². The molecule has 0 aliphatic carbocycles. The smallest absolute Gasteiger partial charge is 0.313 e. The number of aryl methyl sites for hydroxylation is 1. The SMILES string of the molecule is Cc1ccccc1NC(=O)C(=O)N[C@H](C)[C@H]1COc2ccccc2O1. The first-order chi connectivity index (χ1) is 12.0. The number of fused-ring (bicyclic) bond motifs is 1. The summed E-state index contributed by atoms with van der Waals surface area (Å²) < 4.78 is 11.5. The van der Waals surface area contributed by atoms with Crippen molar-refractivity contribution in [2.45, 2.75) is 26.0 Å². The average molecular weight is 340 g/mol. The lowest BCUT2D eigenvalue weighted by Gasteiger charge is -2.30. The summed E-state index contributed by atoms with van der Waals surface area (Å²) in [6, 6.07) is 14.2. The molecule has 0 fully saturated rings. The van der Waals surface area contributed by atoms with Crippen molar-refractivity contribution in [3.05, 3.63) is 54.1 Å². The fraction of sp³-hybridized carbons (Fsp3) is 0.263. The predicted molar refractivity (Wildman–Crippen MR) is 93.8 cm³/mol. The average Bonchev–Trinajstić information content (AvgIpc) is 2.63. The van der Waals surface area contributed by atoms with Gasteiger partial charge in [0.25, 0.3) is 0 Å². The minimum atomic E-state index is -0.710. The fourth-order valence-electron chi connectivity index (χ4n) is 2.54. The lowest BCUT2D eigenvalue weighted by atomic mass is 10.1. The van der Waals surface area contributed by atoms with Crippen molar-refractivity contribution in [3.8, 4) is 11.5 Å². The molecule has 3 rings (SSSR count). The number of carbonyl (C=O) groups excluding carboxylic acids is 2. The third kappa shape index (κ3) is 3.91. The van der Waals surface area contributed by atoms with E-state index in [0.29, 0.717) is 23.8 Å². The molecule has 130 valence electrons. The Hall–Kier alpha value is -3.02. The van der Waals surface area contributed by atoms with E-state index in [1.807, 2.05) is 37.3 Å². The highest BCUT2D eigenvalue weighted by Crippen LogP contribution is 2.31. The van der Waals surface area contributed by atoms with Gasteiger partial charge in [-0.05, 0) is 37.6 Å². The van der Waals surface area contributed by atoms with Crippen LogP contribution in [0.15, 0.2) is 48.5 Å². The Balaban J connectivity index is 1.57. The number of para-hydroxylation sites is 3. The first-order valence-corrected chi connectivity index (χ1v) is 8.10. The fourth-order valence-corrected chi connectivity index (χ4v) is 2.54. The molecule has 6 nitrogen and oxygen atoms in total. The number of rotatable bonds is 3. The van der Waals surface area contributed by atoms with Crippen LogP contribution < -0.4 is 20.1 Å². The molecular formula is C19H20N2O4. The Kier molecular flexibility index (Phi) is 4.88. The second kappa shape index (κ2) is 7.25. The quantitative estimate of drug-likeness (QED) is 0.841. The summed E-state index contributed by atoms with van der Waals surface area (Å²) in [4.78, 5) is 24.2. The van der Waals surface area contributed by atoms with Crippen molar-refractivity contribution in [2.75, 3.05) is 11.9 Å². The molecule has 2 atom stereocenters. The van der Waals surface area contributed by atoms with Gasteiger partial charge in [0.05, 0.1) is 6.04 Å². The maximum atomic E-state index is 12.1. The van der Waals surface area contributed by atoms with Crippen LogP contribution in [0, 0.1) is 6.92 Å². The first kappa shape index (κ1) is 16.8. The monoisotopic (exact) mass is 340 g/mol. The van der Waals surface area contributed by atoms with Gasteiger partial charge in [-0.2, -0.15) is 0 Å².